The zero-order chi connectivity index (χ0) is 21.1. The molecule has 2 heterocycles. The lowest BCUT2D eigenvalue weighted by molar-refractivity contribution is 0.100. The lowest BCUT2D eigenvalue weighted by atomic mass is 10.1. The highest BCUT2D eigenvalue weighted by Gasteiger charge is 2.17. The van der Waals surface area contributed by atoms with Crippen molar-refractivity contribution >= 4 is 22.6 Å². The molecule has 0 aliphatic heterocycles. The maximum Gasteiger partial charge on any atom is 0.249 e. The zero-order valence-electron chi connectivity index (χ0n) is 17.2. The fraction of sp³-hybridized carbons (Fsp3) is 0.208. The van der Waals surface area contributed by atoms with Crippen LogP contribution in [-0.4, -0.2) is 20.4 Å². The van der Waals surface area contributed by atoms with Gasteiger partial charge >= 0.3 is 0 Å². The van der Waals surface area contributed by atoms with E-state index in [2.05, 4.69) is 36.3 Å². The summed E-state index contributed by atoms with van der Waals surface area (Å²) >= 11 is 0. The number of amides is 1. The number of carbonyl (C=O) groups is 1. The summed E-state index contributed by atoms with van der Waals surface area (Å²) in [5.74, 6) is 0.963. The van der Waals surface area contributed by atoms with E-state index in [1.807, 2.05) is 47.2 Å². The SMILES string of the molecule is CCc1cnc(-n2c(CC)cc3c(C(N)=O)cccc32)nc1NCc1ccccc1. The third kappa shape index (κ3) is 3.64. The first-order valence-corrected chi connectivity index (χ1v) is 10.2. The van der Waals surface area contributed by atoms with Crippen LogP contribution >= 0.6 is 0 Å². The molecule has 4 rings (SSSR count). The van der Waals surface area contributed by atoms with E-state index in [-0.39, 0.29) is 0 Å². The Bertz CT molecular complexity index is 1200. The number of carbonyl (C=O) groups excluding carboxylic acids is 1. The van der Waals surface area contributed by atoms with E-state index in [0.29, 0.717) is 18.1 Å². The van der Waals surface area contributed by atoms with Crippen LogP contribution in [0.25, 0.3) is 16.9 Å². The Morgan fingerprint density at radius 1 is 1.07 bits per heavy atom. The van der Waals surface area contributed by atoms with Gasteiger partial charge in [-0.05, 0) is 36.6 Å². The van der Waals surface area contributed by atoms with Gasteiger partial charge in [-0.25, -0.2) is 4.98 Å². The molecule has 0 saturated carbocycles. The second-order valence-electron chi connectivity index (χ2n) is 7.16. The Hall–Kier alpha value is -3.67. The lowest BCUT2D eigenvalue weighted by Gasteiger charge is -2.14. The number of fused-ring (bicyclic) bond motifs is 1. The number of nitrogens with two attached hydrogens (primary N) is 1. The molecule has 2 aromatic carbocycles. The molecule has 0 atom stereocenters. The third-order valence-corrected chi connectivity index (χ3v) is 5.29. The number of benzene rings is 2. The summed E-state index contributed by atoms with van der Waals surface area (Å²) in [5.41, 5.74) is 10.2. The van der Waals surface area contributed by atoms with Gasteiger partial charge in [0.15, 0.2) is 0 Å². The van der Waals surface area contributed by atoms with Crippen molar-refractivity contribution in [1.82, 2.24) is 14.5 Å². The van der Waals surface area contributed by atoms with Crippen LogP contribution in [0.1, 0.15) is 41.0 Å². The third-order valence-electron chi connectivity index (χ3n) is 5.29. The molecule has 0 saturated heterocycles. The molecule has 0 unspecified atom stereocenters. The van der Waals surface area contributed by atoms with Gasteiger partial charge in [-0.3, -0.25) is 9.36 Å². The monoisotopic (exact) mass is 399 g/mol. The molecular formula is C24H25N5O. The average Bonchev–Trinajstić information content (AvgIpc) is 3.16. The molecule has 3 N–H and O–H groups in total. The topological polar surface area (TPSA) is 85.8 Å². The molecule has 1 amide bonds. The number of primary amides is 1. The molecule has 2 aromatic heterocycles. The van der Waals surface area contributed by atoms with E-state index >= 15 is 0 Å². The Kier molecular flexibility index (Phi) is 5.48. The quantitative estimate of drug-likeness (QED) is 0.486. The molecular weight excluding hydrogens is 374 g/mol. The summed E-state index contributed by atoms with van der Waals surface area (Å²) in [5, 5.41) is 4.28. The van der Waals surface area contributed by atoms with Crippen LogP contribution in [0.3, 0.4) is 0 Å². The molecule has 0 bridgehead atoms. The summed E-state index contributed by atoms with van der Waals surface area (Å²) in [7, 11) is 0. The van der Waals surface area contributed by atoms with Gasteiger partial charge in [0.1, 0.15) is 5.82 Å². The Balaban J connectivity index is 1.80. The number of hydrogen-bond donors (Lipinski definition) is 2. The number of nitrogens with one attached hydrogen (secondary N) is 1. The molecule has 30 heavy (non-hydrogen) atoms. The predicted octanol–water partition coefficient (Wildman–Crippen LogP) is 4.26. The number of rotatable bonds is 7. The van der Waals surface area contributed by atoms with Crippen molar-refractivity contribution in [2.75, 3.05) is 5.32 Å². The van der Waals surface area contributed by atoms with Crippen molar-refractivity contribution in [3.8, 4) is 5.95 Å². The van der Waals surface area contributed by atoms with Gasteiger partial charge in [-0.15, -0.1) is 0 Å². The molecule has 0 fully saturated rings. The molecule has 6 heteroatoms. The highest BCUT2D eigenvalue weighted by atomic mass is 16.1. The van der Waals surface area contributed by atoms with E-state index in [1.165, 1.54) is 5.56 Å². The van der Waals surface area contributed by atoms with Crippen molar-refractivity contribution in [3.05, 3.63) is 83.2 Å². The number of aryl methyl sites for hydroxylation is 2. The van der Waals surface area contributed by atoms with E-state index in [1.54, 1.807) is 6.07 Å². The molecule has 152 valence electrons. The van der Waals surface area contributed by atoms with Crippen LogP contribution in [0.4, 0.5) is 5.82 Å². The fourth-order valence-electron chi connectivity index (χ4n) is 3.70. The zero-order valence-corrected chi connectivity index (χ0v) is 17.2. The summed E-state index contributed by atoms with van der Waals surface area (Å²) in [6, 6.07) is 17.8. The van der Waals surface area contributed by atoms with Gasteiger partial charge < -0.3 is 11.1 Å². The normalized spacial score (nSPS) is 11.0. The van der Waals surface area contributed by atoms with Gasteiger partial charge in [-0.1, -0.05) is 50.2 Å². The number of hydrogen-bond acceptors (Lipinski definition) is 4. The predicted molar refractivity (Wildman–Crippen MR) is 120 cm³/mol. The molecule has 0 radical (unpaired) electrons. The first-order valence-electron chi connectivity index (χ1n) is 10.2. The van der Waals surface area contributed by atoms with Crippen molar-refractivity contribution in [3.63, 3.8) is 0 Å². The lowest BCUT2D eigenvalue weighted by Crippen LogP contribution is -2.12. The minimum atomic E-state index is -0.437. The van der Waals surface area contributed by atoms with E-state index in [4.69, 9.17) is 10.7 Å². The van der Waals surface area contributed by atoms with Crippen LogP contribution in [0.2, 0.25) is 0 Å². The maximum atomic E-state index is 11.9. The number of anilines is 1. The molecule has 6 nitrogen and oxygen atoms in total. The van der Waals surface area contributed by atoms with Crippen molar-refractivity contribution in [2.24, 2.45) is 5.73 Å². The summed E-state index contributed by atoms with van der Waals surface area (Å²) in [6.07, 6.45) is 3.48. The first kappa shape index (κ1) is 19.6. The molecule has 0 aliphatic rings. The second kappa shape index (κ2) is 8.37. The Morgan fingerprint density at radius 3 is 2.57 bits per heavy atom. The molecule has 0 spiro atoms. The van der Waals surface area contributed by atoms with Gasteiger partial charge in [0.2, 0.25) is 11.9 Å². The number of nitrogens with zero attached hydrogens (tertiary/aromatic N) is 3. The summed E-state index contributed by atoms with van der Waals surface area (Å²) in [4.78, 5) is 21.4. The van der Waals surface area contributed by atoms with Crippen LogP contribution in [0.5, 0.6) is 0 Å². The Morgan fingerprint density at radius 2 is 1.87 bits per heavy atom. The van der Waals surface area contributed by atoms with Crippen LogP contribution < -0.4 is 11.1 Å². The van der Waals surface area contributed by atoms with E-state index < -0.39 is 5.91 Å². The largest absolute Gasteiger partial charge is 0.366 e. The summed E-state index contributed by atoms with van der Waals surface area (Å²) in [6.45, 7) is 4.85. The smallest absolute Gasteiger partial charge is 0.249 e. The number of aromatic nitrogens is 3. The van der Waals surface area contributed by atoms with Crippen LogP contribution in [0.15, 0.2) is 60.8 Å². The average molecular weight is 399 g/mol. The minimum Gasteiger partial charge on any atom is -0.366 e. The van der Waals surface area contributed by atoms with Crippen molar-refractivity contribution in [2.45, 2.75) is 33.2 Å². The van der Waals surface area contributed by atoms with Crippen LogP contribution in [-0.2, 0) is 19.4 Å². The summed E-state index contributed by atoms with van der Waals surface area (Å²) < 4.78 is 2.01. The van der Waals surface area contributed by atoms with E-state index in [9.17, 15) is 4.79 Å². The molecule has 0 aliphatic carbocycles. The minimum absolute atomic E-state index is 0.437. The second-order valence-corrected chi connectivity index (χ2v) is 7.16. The fourth-order valence-corrected chi connectivity index (χ4v) is 3.70. The molecule has 4 aromatic rings. The van der Waals surface area contributed by atoms with Gasteiger partial charge in [-0.2, -0.15) is 4.98 Å². The standard InChI is InChI=1S/C24H25N5O/c1-3-17-15-27-24(28-23(17)26-14-16-9-6-5-7-10-16)29-18(4-2)13-20-19(22(25)30)11-8-12-21(20)29/h5-13,15H,3-4,14H2,1-2H3,(H2,25,30)(H,26,27,28). The van der Waals surface area contributed by atoms with Gasteiger partial charge in [0, 0.05) is 34.9 Å². The van der Waals surface area contributed by atoms with Crippen molar-refractivity contribution in [1.29, 1.82) is 0 Å². The van der Waals surface area contributed by atoms with Crippen LogP contribution in [0, 0.1) is 0 Å². The highest BCUT2D eigenvalue weighted by molar-refractivity contribution is 6.06. The Labute approximate surface area is 175 Å². The van der Waals surface area contributed by atoms with Crippen molar-refractivity contribution < 1.29 is 4.79 Å². The van der Waals surface area contributed by atoms with Gasteiger partial charge in [0.25, 0.3) is 0 Å². The van der Waals surface area contributed by atoms with Gasteiger partial charge in [0.05, 0.1) is 5.52 Å². The highest BCUT2D eigenvalue weighted by Crippen LogP contribution is 2.27. The van der Waals surface area contributed by atoms with E-state index in [0.717, 1.165) is 40.8 Å². The first-order chi connectivity index (χ1) is 14.6. The maximum absolute atomic E-state index is 11.9.